The predicted molar refractivity (Wildman–Crippen MR) is 143 cm³/mol. The number of imidazole rings is 1. The Balaban J connectivity index is 1.48. The van der Waals surface area contributed by atoms with Crippen molar-refractivity contribution in [3.63, 3.8) is 0 Å². The van der Waals surface area contributed by atoms with Crippen molar-refractivity contribution in [2.24, 2.45) is 0 Å². The molecule has 1 fully saturated rings. The molecule has 9 heteroatoms. The van der Waals surface area contributed by atoms with Crippen LogP contribution in [0.25, 0.3) is 39.2 Å². The fourth-order valence-electron chi connectivity index (χ4n) is 5.21. The minimum atomic E-state index is -0.716. The summed E-state index contributed by atoms with van der Waals surface area (Å²) in [6.07, 6.45) is 3.65. The first kappa shape index (κ1) is 23.6. The molecule has 5 heterocycles. The van der Waals surface area contributed by atoms with Crippen molar-refractivity contribution in [2.45, 2.75) is 26.4 Å². The maximum absolute atomic E-state index is 13.8. The van der Waals surface area contributed by atoms with Crippen molar-refractivity contribution >= 4 is 22.5 Å². The van der Waals surface area contributed by atoms with Crippen molar-refractivity contribution in [3.05, 3.63) is 66.2 Å². The third kappa shape index (κ3) is 4.45. The summed E-state index contributed by atoms with van der Waals surface area (Å²) in [5.74, 6) is 0.600. The number of hydrogen-bond donors (Lipinski definition) is 2. The fraction of sp³-hybridized carbons (Fsp3) is 0.321. The van der Waals surface area contributed by atoms with Crippen LogP contribution in [0.15, 0.2) is 54.9 Å². The number of pyridine rings is 1. The molecule has 2 N–H and O–H groups in total. The quantitative estimate of drug-likeness (QED) is 0.376. The van der Waals surface area contributed by atoms with Gasteiger partial charge in [0, 0.05) is 61.6 Å². The number of hydrogen-bond acceptors (Lipinski definition) is 6. The third-order valence-electron chi connectivity index (χ3n) is 6.89. The standard InChI is InChI=1S/C28H30FN7O/c1-18-16-23(35-14-12-34(13-15-35)17-28(2,3)37)33-36-25(21-8-10-30-26-22(21)9-11-31-26)24(32-27(18)36)19-4-6-20(29)7-5-19/h4-11,16,37H,12-15,17H2,1-3H3,(H,30,31). The average Bonchev–Trinajstić information content (AvgIpc) is 3.49. The van der Waals surface area contributed by atoms with Gasteiger partial charge in [0.1, 0.15) is 23.0 Å². The Hall–Kier alpha value is -3.82. The molecule has 0 unspecified atom stereocenters. The van der Waals surface area contributed by atoms with Gasteiger partial charge < -0.3 is 15.0 Å². The number of aromatic nitrogens is 5. The van der Waals surface area contributed by atoms with Crippen LogP contribution in [0.1, 0.15) is 19.4 Å². The van der Waals surface area contributed by atoms with E-state index in [4.69, 9.17) is 10.1 Å². The highest BCUT2D eigenvalue weighted by atomic mass is 19.1. The van der Waals surface area contributed by atoms with E-state index in [1.165, 1.54) is 12.1 Å². The minimum absolute atomic E-state index is 0.286. The largest absolute Gasteiger partial charge is 0.389 e. The Bertz CT molecular complexity index is 1570. The van der Waals surface area contributed by atoms with E-state index in [-0.39, 0.29) is 5.82 Å². The monoisotopic (exact) mass is 499 g/mol. The van der Waals surface area contributed by atoms with Gasteiger partial charge in [-0.2, -0.15) is 0 Å². The number of β-amino-alcohol motifs (C(OH)–C–C–N with tert-alkyl or cyclic N) is 1. The van der Waals surface area contributed by atoms with E-state index in [1.807, 2.05) is 36.7 Å². The van der Waals surface area contributed by atoms with Crippen molar-refractivity contribution < 1.29 is 9.50 Å². The number of fused-ring (bicyclic) bond motifs is 2. The van der Waals surface area contributed by atoms with Gasteiger partial charge in [-0.15, -0.1) is 5.10 Å². The van der Waals surface area contributed by atoms with Crippen LogP contribution in [0.4, 0.5) is 10.2 Å². The molecule has 5 aromatic rings. The summed E-state index contributed by atoms with van der Waals surface area (Å²) in [7, 11) is 0. The summed E-state index contributed by atoms with van der Waals surface area (Å²) in [5.41, 5.74) is 5.22. The van der Waals surface area contributed by atoms with Gasteiger partial charge in [-0.05, 0) is 68.8 Å². The zero-order valence-corrected chi connectivity index (χ0v) is 21.2. The molecule has 0 radical (unpaired) electrons. The maximum Gasteiger partial charge on any atom is 0.158 e. The molecular weight excluding hydrogens is 469 g/mol. The number of nitrogens with one attached hydrogen (secondary N) is 1. The maximum atomic E-state index is 13.8. The zero-order valence-electron chi connectivity index (χ0n) is 21.2. The molecule has 0 atom stereocenters. The van der Waals surface area contributed by atoms with Gasteiger partial charge in [0.15, 0.2) is 5.65 Å². The second-order valence-corrected chi connectivity index (χ2v) is 10.4. The molecule has 1 saturated heterocycles. The van der Waals surface area contributed by atoms with Gasteiger partial charge in [0.05, 0.1) is 11.3 Å². The SMILES string of the molecule is Cc1cc(N2CCN(CC(C)(C)O)CC2)nn2c(-c3ccnc4[nH]ccc34)c(-c3ccc(F)cc3)nc12. The molecule has 6 rings (SSSR count). The molecule has 1 aliphatic heterocycles. The van der Waals surface area contributed by atoms with Crippen LogP contribution in [0.3, 0.4) is 0 Å². The van der Waals surface area contributed by atoms with Crippen LogP contribution in [-0.2, 0) is 0 Å². The van der Waals surface area contributed by atoms with Crippen LogP contribution in [0.2, 0.25) is 0 Å². The number of nitrogens with zero attached hydrogens (tertiary/aromatic N) is 6. The highest BCUT2D eigenvalue weighted by molar-refractivity contribution is 5.97. The average molecular weight is 500 g/mol. The Kier molecular flexibility index (Phi) is 5.69. The van der Waals surface area contributed by atoms with E-state index in [0.717, 1.165) is 76.8 Å². The van der Waals surface area contributed by atoms with E-state index >= 15 is 0 Å². The van der Waals surface area contributed by atoms with E-state index in [1.54, 1.807) is 18.3 Å². The summed E-state index contributed by atoms with van der Waals surface area (Å²) >= 11 is 0. The van der Waals surface area contributed by atoms with Crippen molar-refractivity contribution in [2.75, 3.05) is 37.6 Å². The number of rotatable bonds is 5. The summed E-state index contributed by atoms with van der Waals surface area (Å²) in [4.78, 5) is 17.2. The highest BCUT2D eigenvalue weighted by Gasteiger charge is 2.26. The lowest BCUT2D eigenvalue weighted by atomic mass is 10.0. The van der Waals surface area contributed by atoms with Crippen LogP contribution in [-0.4, -0.2) is 72.9 Å². The number of aryl methyl sites for hydroxylation is 1. The van der Waals surface area contributed by atoms with Crippen molar-refractivity contribution in [1.82, 2.24) is 29.5 Å². The van der Waals surface area contributed by atoms with Gasteiger partial charge in [0.2, 0.25) is 0 Å². The van der Waals surface area contributed by atoms with Crippen LogP contribution in [0, 0.1) is 12.7 Å². The Morgan fingerprint density at radius 3 is 2.54 bits per heavy atom. The van der Waals surface area contributed by atoms with Gasteiger partial charge in [0.25, 0.3) is 0 Å². The lowest BCUT2D eigenvalue weighted by Crippen LogP contribution is -2.50. The Morgan fingerprint density at radius 1 is 1.05 bits per heavy atom. The molecule has 37 heavy (non-hydrogen) atoms. The number of H-pyrrole nitrogens is 1. The number of halogens is 1. The number of aliphatic hydroxyl groups is 1. The van der Waals surface area contributed by atoms with Crippen LogP contribution < -0.4 is 4.90 Å². The molecule has 1 aliphatic rings. The minimum Gasteiger partial charge on any atom is -0.389 e. The lowest BCUT2D eigenvalue weighted by Gasteiger charge is -2.37. The van der Waals surface area contributed by atoms with E-state index in [9.17, 15) is 9.50 Å². The highest BCUT2D eigenvalue weighted by Crippen LogP contribution is 2.37. The second-order valence-electron chi connectivity index (χ2n) is 10.4. The zero-order chi connectivity index (χ0) is 25.7. The molecule has 0 spiro atoms. The van der Waals surface area contributed by atoms with Gasteiger partial charge in [-0.1, -0.05) is 0 Å². The van der Waals surface area contributed by atoms with E-state index in [2.05, 4.69) is 32.8 Å². The van der Waals surface area contributed by atoms with Crippen molar-refractivity contribution in [1.29, 1.82) is 0 Å². The van der Waals surface area contributed by atoms with Gasteiger partial charge >= 0.3 is 0 Å². The number of benzene rings is 1. The molecule has 4 aromatic heterocycles. The first-order chi connectivity index (χ1) is 17.8. The molecule has 0 saturated carbocycles. The molecule has 1 aromatic carbocycles. The number of piperazine rings is 1. The van der Waals surface area contributed by atoms with E-state index < -0.39 is 5.60 Å². The predicted octanol–water partition coefficient (Wildman–Crippen LogP) is 4.28. The smallest absolute Gasteiger partial charge is 0.158 e. The molecule has 0 amide bonds. The molecule has 8 nitrogen and oxygen atoms in total. The van der Waals surface area contributed by atoms with E-state index in [0.29, 0.717) is 6.54 Å². The van der Waals surface area contributed by atoms with Gasteiger partial charge in [-0.3, -0.25) is 4.90 Å². The first-order valence-corrected chi connectivity index (χ1v) is 12.6. The normalized spacial score (nSPS) is 15.2. The second kappa shape index (κ2) is 8.93. The number of aromatic amines is 1. The Labute approximate surface area is 214 Å². The number of anilines is 1. The fourth-order valence-corrected chi connectivity index (χ4v) is 5.21. The molecular formula is C28H30FN7O. The Morgan fingerprint density at radius 2 is 1.81 bits per heavy atom. The molecule has 190 valence electrons. The first-order valence-electron chi connectivity index (χ1n) is 12.6. The van der Waals surface area contributed by atoms with Crippen LogP contribution >= 0.6 is 0 Å². The molecule has 0 aliphatic carbocycles. The summed E-state index contributed by atoms with van der Waals surface area (Å²) in [6, 6.07) is 12.5. The van der Waals surface area contributed by atoms with Crippen molar-refractivity contribution in [3.8, 4) is 22.5 Å². The molecule has 0 bridgehead atoms. The summed E-state index contributed by atoms with van der Waals surface area (Å²) in [6.45, 7) is 9.74. The summed E-state index contributed by atoms with van der Waals surface area (Å²) < 4.78 is 15.7. The van der Waals surface area contributed by atoms with Crippen LogP contribution in [0.5, 0.6) is 0 Å². The van der Waals surface area contributed by atoms with Gasteiger partial charge in [-0.25, -0.2) is 18.9 Å². The lowest BCUT2D eigenvalue weighted by molar-refractivity contribution is 0.0344. The third-order valence-corrected chi connectivity index (χ3v) is 6.89. The summed E-state index contributed by atoms with van der Waals surface area (Å²) in [5, 5.41) is 16.3. The topological polar surface area (TPSA) is 85.6 Å².